The summed E-state index contributed by atoms with van der Waals surface area (Å²) in [6, 6.07) is 29.4. The van der Waals surface area contributed by atoms with E-state index in [4.69, 9.17) is 14.2 Å². The van der Waals surface area contributed by atoms with Crippen LogP contribution in [0.4, 0.5) is 13.2 Å². The van der Waals surface area contributed by atoms with Crippen molar-refractivity contribution in [3.05, 3.63) is 108 Å². The molecule has 224 valence electrons. The summed E-state index contributed by atoms with van der Waals surface area (Å²) in [4.78, 5) is 15.5. The highest BCUT2D eigenvalue weighted by molar-refractivity contribution is 5.79. The third-order valence-electron chi connectivity index (χ3n) is 8.28. The van der Waals surface area contributed by atoms with E-state index < -0.39 is 36.3 Å². The second-order valence-electron chi connectivity index (χ2n) is 11.3. The lowest BCUT2D eigenvalue weighted by molar-refractivity contribution is -0.194. The molecule has 1 saturated carbocycles. The highest BCUT2D eigenvalue weighted by Gasteiger charge is 2.45. The minimum Gasteiger partial charge on any atom is -0.369 e. The maximum absolute atomic E-state index is 13.7. The lowest BCUT2D eigenvalue weighted by atomic mass is 9.80. The van der Waals surface area contributed by atoms with Crippen molar-refractivity contribution in [2.45, 2.75) is 70.0 Å². The zero-order valence-corrected chi connectivity index (χ0v) is 23.6. The molecule has 0 spiro atoms. The zero-order chi connectivity index (χ0) is 29.4. The second-order valence-corrected chi connectivity index (χ2v) is 11.3. The Labute approximate surface area is 245 Å². The van der Waals surface area contributed by atoms with E-state index >= 15 is 0 Å². The molecule has 1 amide bonds. The van der Waals surface area contributed by atoms with Crippen LogP contribution in [0.2, 0.25) is 0 Å². The Morgan fingerprint density at radius 3 is 1.45 bits per heavy atom. The van der Waals surface area contributed by atoms with Gasteiger partial charge in [-0.15, -0.1) is 0 Å². The average Bonchev–Trinajstić information content (AvgIpc) is 3.02. The molecule has 1 unspecified atom stereocenters. The van der Waals surface area contributed by atoms with Gasteiger partial charge in [0.25, 0.3) is 0 Å². The summed E-state index contributed by atoms with van der Waals surface area (Å²) >= 11 is 0. The SMILES string of the molecule is O=C(C1CCC(C(F)(F)F)CC1)N1C[C@H](OCc2ccccc2)C(OCc2ccccc2)[C@H](OCc2ccccc2)C1. The number of benzene rings is 3. The number of halogens is 3. The first kappa shape index (κ1) is 30.3. The van der Waals surface area contributed by atoms with E-state index in [0.29, 0.717) is 19.8 Å². The van der Waals surface area contributed by atoms with Crippen LogP contribution in [0.15, 0.2) is 91.0 Å². The Morgan fingerprint density at radius 2 is 1.05 bits per heavy atom. The molecule has 5 rings (SSSR count). The number of piperidine rings is 1. The topological polar surface area (TPSA) is 48.0 Å². The quantitative estimate of drug-likeness (QED) is 0.260. The minimum absolute atomic E-state index is 0.0154. The molecule has 5 nitrogen and oxygen atoms in total. The Kier molecular flexibility index (Phi) is 10.3. The van der Waals surface area contributed by atoms with Gasteiger partial charge in [-0.3, -0.25) is 4.79 Å². The molecule has 0 aromatic heterocycles. The van der Waals surface area contributed by atoms with Crippen LogP contribution in [0.3, 0.4) is 0 Å². The molecule has 0 N–H and O–H groups in total. The Hall–Kier alpha value is -3.20. The number of likely N-dealkylation sites (tertiary alicyclic amines) is 1. The predicted octanol–water partition coefficient (Wildman–Crippen LogP) is 6.95. The molecule has 0 radical (unpaired) electrons. The van der Waals surface area contributed by atoms with Crippen LogP contribution in [0.5, 0.6) is 0 Å². The molecule has 3 aromatic rings. The minimum atomic E-state index is -4.21. The third kappa shape index (κ3) is 8.21. The van der Waals surface area contributed by atoms with Crippen molar-refractivity contribution in [3.8, 4) is 0 Å². The van der Waals surface area contributed by atoms with Crippen molar-refractivity contribution >= 4 is 5.91 Å². The van der Waals surface area contributed by atoms with Crippen molar-refractivity contribution in [2.75, 3.05) is 13.1 Å². The fourth-order valence-corrected chi connectivity index (χ4v) is 5.89. The number of amides is 1. The highest BCUT2D eigenvalue weighted by Crippen LogP contribution is 2.40. The van der Waals surface area contributed by atoms with Crippen molar-refractivity contribution in [2.24, 2.45) is 11.8 Å². The van der Waals surface area contributed by atoms with E-state index in [-0.39, 0.29) is 44.7 Å². The number of carbonyl (C=O) groups excluding carboxylic acids is 1. The van der Waals surface area contributed by atoms with Crippen LogP contribution < -0.4 is 0 Å². The number of nitrogens with zero attached hydrogens (tertiary/aromatic N) is 1. The van der Waals surface area contributed by atoms with Crippen molar-refractivity contribution < 1.29 is 32.2 Å². The molecule has 1 heterocycles. The van der Waals surface area contributed by atoms with Gasteiger partial charge in [0, 0.05) is 19.0 Å². The molecule has 2 fully saturated rings. The molecule has 2 aliphatic rings. The third-order valence-corrected chi connectivity index (χ3v) is 8.28. The van der Waals surface area contributed by atoms with Crippen LogP contribution in [-0.2, 0) is 38.8 Å². The van der Waals surface area contributed by atoms with Crippen LogP contribution in [-0.4, -0.2) is 48.4 Å². The van der Waals surface area contributed by atoms with Gasteiger partial charge in [-0.1, -0.05) is 91.0 Å². The highest BCUT2D eigenvalue weighted by atomic mass is 19.4. The number of carbonyl (C=O) groups is 1. The van der Waals surface area contributed by atoms with Crippen LogP contribution in [0, 0.1) is 11.8 Å². The number of hydrogen-bond donors (Lipinski definition) is 0. The summed E-state index contributed by atoms with van der Waals surface area (Å²) in [6.07, 6.45) is -5.20. The molecule has 3 atom stereocenters. The Bertz CT molecular complexity index is 1180. The fourth-order valence-electron chi connectivity index (χ4n) is 5.89. The molecule has 1 aliphatic carbocycles. The molecule has 8 heteroatoms. The second kappa shape index (κ2) is 14.3. The largest absolute Gasteiger partial charge is 0.391 e. The predicted molar refractivity (Wildman–Crippen MR) is 153 cm³/mol. The van der Waals surface area contributed by atoms with Crippen LogP contribution >= 0.6 is 0 Å². The molecule has 0 bridgehead atoms. The fraction of sp³-hybridized carbons (Fsp3) is 0.441. The van der Waals surface area contributed by atoms with Gasteiger partial charge in [0.1, 0.15) is 18.3 Å². The van der Waals surface area contributed by atoms with E-state index in [2.05, 4.69) is 0 Å². The maximum Gasteiger partial charge on any atom is 0.391 e. The summed E-state index contributed by atoms with van der Waals surface area (Å²) in [5.74, 6) is -1.89. The van der Waals surface area contributed by atoms with Crippen molar-refractivity contribution in [3.63, 3.8) is 0 Å². The number of rotatable bonds is 10. The molecule has 42 heavy (non-hydrogen) atoms. The summed E-state index contributed by atoms with van der Waals surface area (Å²) < 4.78 is 59.2. The van der Waals surface area contributed by atoms with Crippen LogP contribution in [0.1, 0.15) is 42.4 Å². The van der Waals surface area contributed by atoms with Gasteiger partial charge < -0.3 is 19.1 Å². The molecular weight excluding hydrogens is 543 g/mol. The number of ether oxygens (including phenoxy) is 3. The summed E-state index contributed by atoms with van der Waals surface area (Å²) in [6.45, 7) is 1.60. The normalized spacial score (nSPS) is 24.8. The van der Waals surface area contributed by atoms with Gasteiger partial charge in [-0.05, 0) is 42.4 Å². The number of alkyl halides is 3. The summed E-state index contributed by atoms with van der Waals surface area (Å²) in [7, 11) is 0. The lowest BCUT2D eigenvalue weighted by Crippen LogP contribution is -2.60. The monoisotopic (exact) mass is 581 g/mol. The first-order valence-corrected chi connectivity index (χ1v) is 14.7. The van der Waals surface area contributed by atoms with Gasteiger partial charge in [0.15, 0.2) is 0 Å². The molecular formula is C34H38F3NO4. The van der Waals surface area contributed by atoms with E-state index in [1.807, 2.05) is 91.0 Å². The van der Waals surface area contributed by atoms with Gasteiger partial charge in [-0.25, -0.2) is 0 Å². The maximum atomic E-state index is 13.7. The Balaban J connectivity index is 1.34. The van der Waals surface area contributed by atoms with E-state index in [1.54, 1.807) is 4.90 Å². The molecule has 1 saturated heterocycles. The van der Waals surface area contributed by atoms with Crippen molar-refractivity contribution in [1.82, 2.24) is 4.90 Å². The molecule has 3 aromatic carbocycles. The van der Waals surface area contributed by atoms with Gasteiger partial charge in [-0.2, -0.15) is 13.2 Å². The lowest BCUT2D eigenvalue weighted by Gasteiger charge is -2.44. The first-order valence-electron chi connectivity index (χ1n) is 14.7. The standard InChI is InChI=1S/C34H38F3NO4/c35-34(36,37)29-18-16-28(17-19-29)33(39)38-20-30(40-22-25-10-4-1-5-11-25)32(42-24-27-14-8-3-9-15-27)31(21-38)41-23-26-12-6-2-7-13-26/h1-15,28-32H,16-24H2/t28?,29?,30-,31+,32?. The smallest absolute Gasteiger partial charge is 0.369 e. The van der Waals surface area contributed by atoms with Gasteiger partial charge >= 0.3 is 6.18 Å². The van der Waals surface area contributed by atoms with Crippen molar-refractivity contribution in [1.29, 1.82) is 0 Å². The Morgan fingerprint density at radius 1 is 0.643 bits per heavy atom. The van der Waals surface area contributed by atoms with Gasteiger partial charge in [0.05, 0.1) is 25.7 Å². The van der Waals surface area contributed by atoms with Crippen LogP contribution in [0.25, 0.3) is 0 Å². The average molecular weight is 582 g/mol. The summed E-state index contributed by atoms with van der Waals surface area (Å²) in [5, 5.41) is 0. The van der Waals surface area contributed by atoms with E-state index in [9.17, 15) is 18.0 Å². The zero-order valence-electron chi connectivity index (χ0n) is 23.6. The van der Waals surface area contributed by atoms with E-state index in [1.165, 1.54) is 0 Å². The first-order chi connectivity index (χ1) is 20.4. The number of hydrogen-bond acceptors (Lipinski definition) is 4. The van der Waals surface area contributed by atoms with Gasteiger partial charge in [0.2, 0.25) is 5.91 Å². The molecule has 1 aliphatic heterocycles. The van der Waals surface area contributed by atoms with E-state index in [0.717, 1.165) is 16.7 Å². The summed E-state index contributed by atoms with van der Waals surface area (Å²) in [5.41, 5.74) is 3.01.